The fourth-order valence-electron chi connectivity index (χ4n) is 4.05. The summed E-state index contributed by atoms with van der Waals surface area (Å²) in [6.45, 7) is 5.31. The molecule has 1 amide bonds. The molecule has 1 aromatic heterocycles. The van der Waals surface area contributed by atoms with Gasteiger partial charge in [-0.2, -0.15) is 5.26 Å². The summed E-state index contributed by atoms with van der Waals surface area (Å²) < 4.78 is 14.6. The Labute approximate surface area is 200 Å². The van der Waals surface area contributed by atoms with Crippen molar-refractivity contribution in [2.75, 3.05) is 34.2 Å². The Hall–Kier alpha value is -3.57. The summed E-state index contributed by atoms with van der Waals surface area (Å²) in [5.74, 6) is -0.106. The van der Waals surface area contributed by atoms with E-state index in [0.717, 1.165) is 49.2 Å². The van der Waals surface area contributed by atoms with Gasteiger partial charge in [0.15, 0.2) is 0 Å². The molecule has 0 unspecified atom stereocenters. The van der Waals surface area contributed by atoms with E-state index in [-0.39, 0.29) is 5.56 Å². The number of benzene rings is 1. The van der Waals surface area contributed by atoms with Crippen LogP contribution in [0.15, 0.2) is 41.5 Å². The van der Waals surface area contributed by atoms with E-state index in [9.17, 15) is 9.18 Å². The minimum absolute atomic E-state index is 0.0299. The van der Waals surface area contributed by atoms with Crippen molar-refractivity contribution in [2.24, 2.45) is 4.99 Å². The Morgan fingerprint density at radius 1 is 1.21 bits per heavy atom. The number of aromatic nitrogens is 1. The van der Waals surface area contributed by atoms with Crippen LogP contribution in [0.1, 0.15) is 42.1 Å². The summed E-state index contributed by atoms with van der Waals surface area (Å²) in [6, 6.07) is 10.6. The molecular formula is C26H31FN6O. The minimum Gasteiger partial charge on any atom is -0.342 e. The van der Waals surface area contributed by atoms with Crippen molar-refractivity contribution >= 4 is 23.6 Å². The van der Waals surface area contributed by atoms with Crippen LogP contribution in [0.25, 0.3) is 11.3 Å². The zero-order chi connectivity index (χ0) is 24.8. The van der Waals surface area contributed by atoms with E-state index in [1.807, 2.05) is 32.0 Å². The van der Waals surface area contributed by atoms with Crippen molar-refractivity contribution < 1.29 is 9.18 Å². The number of aryl methyl sites for hydroxylation is 1. The van der Waals surface area contributed by atoms with E-state index in [4.69, 9.17) is 10.3 Å². The van der Waals surface area contributed by atoms with Gasteiger partial charge in [-0.25, -0.2) is 9.38 Å². The molecule has 1 aliphatic rings. The molecule has 0 radical (unpaired) electrons. The van der Waals surface area contributed by atoms with Crippen LogP contribution in [-0.4, -0.2) is 72.3 Å². The Balaban J connectivity index is 2.14. The molecule has 0 spiro atoms. The van der Waals surface area contributed by atoms with E-state index in [0.29, 0.717) is 23.3 Å². The number of carbonyl (C=O) groups is 1. The van der Waals surface area contributed by atoms with Crippen LogP contribution in [0.3, 0.4) is 0 Å². The van der Waals surface area contributed by atoms with Crippen molar-refractivity contribution in [1.29, 1.82) is 5.26 Å². The van der Waals surface area contributed by atoms with Crippen LogP contribution in [0, 0.1) is 24.1 Å². The zero-order valence-corrected chi connectivity index (χ0v) is 20.4. The van der Waals surface area contributed by atoms with Crippen LogP contribution in [0.5, 0.6) is 0 Å². The average Bonchev–Trinajstić information content (AvgIpc) is 2.84. The molecule has 7 nitrogen and oxygen atoms in total. The Morgan fingerprint density at radius 2 is 1.88 bits per heavy atom. The summed E-state index contributed by atoms with van der Waals surface area (Å²) >= 11 is 0. The van der Waals surface area contributed by atoms with Gasteiger partial charge in [0.05, 0.1) is 11.3 Å². The highest BCUT2D eigenvalue weighted by Crippen LogP contribution is 2.29. The molecule has 0 aliphatic carbocycles. The average molecular weight is 463 g/mol. The largest absolute Gasteiger partial charge is 0.342 e. The van der Waals surface area contributed by atoms with Crippen molar-refractivity contribution in [3.8, 4) is 6.07 Å². The topological polar surface area (TPSA) is 75.8 Å². The highest BCUT2D eigenvalue weighted by atomic mass is 19.1. The van der Waals surface area contributed by atoms with Crippen molar-refractivity contribution in [3.05, 3.63) is 64.7 Å². The molecule has 0 saturated carbocycles. The summed E-state index contributed by atoms with van der Waals surface area (Å²) in [6.07, 6.45) is 4.39. The van der Waals surface area contributed by atoms with Gasteiger partial charge in [-0.05, 0) is 70.1 Å². The Morgan fingerprint density at radius 3 is 2.41 bits per heavy atom. The lowest BCUT2D eigenvalue weighted by atomic mass is 10.0. The number of carbonyl (C=O) groups excluding carboxylic acids is 1. The number of rotatable bonds is 5. The molecule has 3 rings (SSSR count). The molecule has 0 N–H and O–H groups in total. The van der Waals surface area contributed by atoms with Crippen LogP contribution in [0.2, 0.25) is 0 Å². The second-order valence-corrected chi connectivity index (χ2v) is 8.78. The number of halogens is 1. The third-order valence-electron chi connectivity index (χ3n) is 6.23. The van der Waals surface area contributed by atoms with Crippen molar-refractivity contribution in [1.82, 2.24) is 19.7 Å². The van der Waals surface area contributed by atoms with Gasteiger partial charge in [0.1, 0.15) is 11.9 Å². The van der Waals surface area contributed by atoms with Gasteiger partial charge in [0, 0.05) is 43.6 Å². The number of pyridine rings is 1. The molecular weight excluding hydrogens is 431 g/mol. The summed E-state index contributed by atoms with van der Waals surface area (Å²) in [7, 11) is 5.82. The molecule has 2 heterocycles. The highest BCUT2D eigenvalue weighted by molar-refractivity contribution is 5.98. The van der Waals surface area contributed by atoms with Gasteiger partial charge >= 0.3 is 0 Å². The molecule has 1 aliphatic heterocycles. The smallest absolute Gasteiger partial charge is 0.216 e. The molecule has 1 saturated heterocycles. The number of guanidine groups is 1. The minimum atomic E-state index is -0.611. The number of likely N-dealkylation sites (tertiary alicyclic amines) is 1. The number of hydrogen-bond acceptors (Lipinski definition) is 5. The van der Waals surface area contributed by atoms with Crippen molar-refractivity contribution in [3.63, 3.8) is 0 Å². The number of nitriles is 1. The number of aliphatic imine (C=N–C) groups is 1. The van der Waals surface area contributed by atoms with Gasteiger partial charge in [0.2, 0.25) is 12.4 Å². The van der Waals surface area contributed by atoms with Crippen LogP contribution < -0.4 is 0 Å². The molecule has 178 valence electrons. The van der Waals surface area contributed by atoms with E-state index in [1.54, 1.807) is 19.3 Å². The fraction of sp³-hybridized carbons (Fsp3) is 0.385. The molecule has 0 atom stereocenters. The lowest BCUT2D eigenvalue weighted by molar-refractivity contribution is -0.114. The lowest BCUT2D eigenvalue weighted by Crippen LogP contribution is -2.49. The molecule has 8 heteroatoms. The number of allylic oxidation sites excluding steroid dienone is 1. The van der Waals surface area contributed by atoms with Gasteiger partial charge < -0.3 is 9.80 Å². The van der Waals surface area contributed by atoms with Crippen molar-refractivity contribution in [2.45, 2.75) is 32.7 Å². The molecule has 2 aromatic rings. The number of hydrogen-bond donors (Lipinski definition) is 0. The lowest BCUT2D eigenvalue weighted by Gasteiger charge is -2.38. The van der Waals surface area contributed by atoms with E-state index < -0.39 is 5.82 Å². The summed E-state index contributed by atoms with van der Waals surface area (Å²) in [5, 5.41) is 9.15. The van der Waals surface area contributed by atoms with Crippen LogP contribution in [0.4, 0.5) is 4.39 Å². The molecule has 1 fully saturated rings. The first-order valence-corrected chi connectivity index (χ1v) is 11.3. The second-order valence-electron chi connectivity index (χ2n) is 8.78. The number of nitrogens with zero attached hydrogens (tertiary/aromatic N) is 6. The van der Waals surface area contributed by atoms with E-state index in [2.05, 4.69) is 28.9 Å². The third-order valence-corrected chi connectivity index (χ3v) is 6.23. The van der Waals surface area contributed by atoms with Gasteiger partial charge in [0.25, 0.3) is 0 Å². The normalized spacial score (nSPS) is 15.7. The van der Waals surface area contributed by atoms with E-state index >= 15 is 0 Å². The van der Waals surface area contributed by atoms with Gasteiger partial charge in [-0.15, -0.1) is 0 Å². The monoisotopic (exact) mass is 462 g/mol. The van der Waals surface area contributed by atoms with Gasteiger partial charge in [-0.1, -0.05) is 12.1 Å². The number of amides is 1. The standard InChI is InChI=1S/C26H31FN6O/c1-18-6-7-22(16-29-18)19(2)25(20-8-9-21(15-28)24(27)14-20)30-26(32(5)17-34)33-12-10-23(11-13-33)31(3)4/h6-9,14,16-17,23H,10-13H2,1-5H3/b25-19+,30-26+. The maximum atomic E-state index is 14.6. The molecule has 34 heavy (non-hydrogen) atoms. The maximum absolute atomic E-state index is 14.6. The van der Waals surface area contributed by atoms with Gasteiger partial charge in [-0.3, -0.25) is 14.7 Å². The first-order valence-electron chi connectivity index (χ1n) is 11.3. The fourth-order valence-corrected chi connectivity index (χ4v) is 4.05. The van der Waals surface area contributed by atoms with Crippen LogP contribution >= 0.6 is 0 Å². The SMILES string of the molecule is C/C(=C(\N=C(/N(C)C=O)N1CCC(N(C)C)CC1)c1ccc(C#N)c(F)c1)c1ccc(C)nc1. The summed E-state index contributed by atoms with van der Waals surface area (Å²) in [4.78, 5) is 26.9. The maximum Gasteiger partial charge on any atom is 0.216 e. The predicted molar refractivity (Wildman–Crippen MR) is 132 cm³/mol. The third kappa shape index (κ3) is 5.67. The first kappa shape index (κ1) is 25.1. The Bertz CT molecular complexity index is 1120. The first-order chi connectivity index (χ1) is 16.2. The highest BCUT2D eigenvalue weighted by Gasteiger charge is 2.25. The molecule has 1 aromatic carbocycles. The predicted octanol–water partition coefficient (Wildman–Crippen LogP) is 3.76. The Kier molecular flexibility index (Phi) is 8.13. The van der Waals surface area contributed by atoms with E-state index in [1.165, 1.54) is 17.0 Å². The quantitative estimate of drug-likeness (QED) is 0.384. The molecule has 0 bridgehead atoms. The number of piperidine rings is 1. The summed E-state index contributed by atoms with van der Waals surface area (Å²) in [5.41, 5.74) is 3.53. The zero-order valence-electron chi connectivity index (χ0n) is 20.4. The second kappa shape index (κ2) is 11.0. The van der Waals surface area contributed by atoms with Crippen LogP contribution in [-0.2, 0) is 4.79 Å².